The first-order chi connectivity index (χ1) is 18.3. The van der Waals surface area contributed by atoms with E-state index in [0.29, 0.717) is 23.5 Å². The Balaban J connectivity index is 1.36. The Morgan fingerprint density at radius 3 is 1.55 bits per heavy atom. The smallest absolute Gasteiger partial charge is 0.253 e. The standard InChI is InChI=1S/C25H31N7O4S2/c33-37(34,21-10-4-1-5-11-21)30-38(35,36)22-14-12-20(13-15-22)26-23-27-24(31-16-6-2-7-17-31)29-25(28-23)32-18-8-3-9-19-32/h1,4-5,10-15,30H,2-3,6-9,16-19H2,(H,26,27,28,29). The van der Waals surface area contributed by atoms with E-state index in [0.717, 1.165) is 51.9 Å². The molecule has 13 heteroatoms. The molecule has 2 N–H and O–H groups in total. The van der Waals surface area contributed by atoms with Gasteiger partial charge in [-0.3, -0.25) is 0 Å². The van der Waals surface area contributed by atoms with Crippen LogP contribution >= 0.6 is 0 Å². The van der Waals surface area contributed by atoms with Crippen molar-refractivity contribution in [3.63, 3.8) is 0 Å². The highest BCUT2D eigenvalue weighted by Gasteiger charge is 2.25. The first-order valence-electron chi connectivity index (χ1n) is 12.8. The number of nitrogens with zero attached hydrogens (tertiary/aromatic N) is 5. The lowest BCUT2D eigenvalue weighted by atomic mass is 10.1. The van der Waals surface area contributed by atoms with Gasteiger partial charge in [0.1, 0.15) is 0 Å². The Labute approximate surface area is 223 Å². The minimum atomic E-state index is -4.32. The summed E-state index contributed by atoms with van der Waals surface area (Å²) in [6.45, 7) is 3.59. The summed E-state index contributed by atoms with van der Waals surface area (Å²) in [7, 11) is -8.56. The number of nitrogens with one attached hydrogen (secondary N) is 2. The minimum absolute atomic E-state index is 0.134. The molecule has 0 amide bonds. The zero-order valence-corrected chi connectivity index (χ0v) is 22.6. The van der Waals surface area contributed by atoms with Gasteiger partial charge in [-0.25, -0.2) is 16.8 Å². The van der Waals surface area contributed by atoms with E-state index in [1.165, 1.54) is 49.2 Å². The third-order valence-corrected chi connectivity index (χ3v) is 10.1. The SMILES string of the molecule is O=S(=O)(NS(=O)(=O)c1ccc(Nc2nc(N3CCCCC3)nc(N3CCCCC3)n2)cc1)c1ccccc1. The highest BCUT2D eigenvalue weighted by Crippen LogP contribution is 2.25. The van der Waals surface area contributed by atoms with Crippen molar-refractivity contribution in [2.24, 2.45) is 0 Å². The van der Waals surface area contributed by atoms with Gasteiger partial charge in [0.15, 0.2) is 0 Å². The largest absolute Gasteiger partial charge is 0.341 e. The summed E-state index contributed by atoms with van der Waals surface area (Å²) >= 11 is 0. The van der Waals surface area contributed by atoms with Crippen LogP contribution in [0.3, 0.4) is 0 Å². The second kappa shape index (κ2) is 11.2. The predicted molar refractivity (Wildman–Crippen MR) is 146 cm³/mol. The van der Waals surface area contributed by atoms with Gasteiger partial charge in [0, 0.05) is 31.9 Å². The third-order valence-electron chi connectivity index (χ3n) is 6.58. The molecule has 2 aliphatic heterocycles. The molecule has 0 aliphatic carbocycles. The van der Waals surface area contributed by atoms with Crippen molar-refractivity contribution < 1.29 is 16.8 Å². The Bertz CT molecular complexity index is 1420. The van der Waals surface area contributed by atoms with Gasteiger partial charge in [0.05, 0.1) is 9.79 Å². The summed E-state index contributed by atoms with van der Waals surface area (Å²) in [5.74, 6) is 1.65. The molecule has 0 saturated carbocycles. The summed E-state index contributed by atoms with van der Waals surface area (Å²) in [4.78, 5) is 18.1. The van der Waals surface area contributed by atoms with Gasteiger partial charge in [-0.15, -0.1) is 4.13 Å². The lowest BCUT2D eigenvalue weighted by molar-refractivity contribution is 0.556. The van der Waals surface area contributed by atoms with Crippen LogP contribution in [0.5, 0.6) is 0 Å². The van der Waals surface area contributed by atoms with E-state index >= 15 is 0 Å². The van der Waals surface area contributed by atoms with Crippen LogP contribution < -0.4 is 19.2 Å². The molecule has 0 spiro atoms. The predicted octanol–water partition coefficient (Wildman–Crippen LogP) is 3.26. The van der Waals surface area contributed by atoms with Gasteiger partial charge in [-0.05, 0) is 74.9 Å². The van der Waals surface area contributed by atoms with Gasteiger partial charge >= 0.3 is 0 Å². The Morgan fingerprint density at radius 1 is 0.579 bits per heavy atom. The summed E-state index contributed by atoms with van der Waals surface area (Å²) in [5.41, 5.74) is 0.565. The molecule has 1 aromatic heterocycles. The van der Waals surface area contributed by atoms with Crippen LogP contribution in [0.2, 0.25) is 0 Å². The number of piperidine rings is 2. The van der Waals surface area contributed by atoms with E-state index in [4.69, 9.17) is 4.98 Å². The number of anilines is 4. The van der Waals surface area contributed by atoms with Crippen molar-refractivity contribution in [2.75, 3.05) is 41.3 Å². The number of sulfonamides is 2. The zero-order chi connectivity index (χ0) is 26.6. The summed E-state index contributed by atoms with van der Waals surface area (Å²) < 4.78 is 52.4. The molecule has 2 fully saturated rings. The molecule has 2 aromatic carbocycles. The molecule has 0 radical (unpaired) electrons. The van der Waals surface area contributed by atoms with Crippen molar-refractivity contribution in [2.45, 2.75) is 48.3 Å². The van der Waals surface area contributed by atoms with Crippen molar-refractivity contribution in [3.05, 3.63) is 54.6 Å². The molecule has 202 valence electrons. The van der Waals surface area contributed by atoms with E-state index in [-0.39, 0.29) is 9.79 Å². The van der Waals surface area contributed by atoms with E-state index in [2.05, 4.69) is 25.1 Å². The number of hydrogen-bond donors (Lipinski definition) is 2. The Kier molecular flexibility index (Phi) is 7.77. The quantitative estimate of drug-likeness (QED) is 0.424. The number of aromatic nitrogens is 3. The minimum Gasteiger partial charge on any atom is -0.341 e. The molecule has 0 bridgehead atoms. The Hall–Kier alpha value is -3.29. The maximum absolute atomic E-state index is 12.8. The third kappa shape index (κ3) is 6.22. The number of benzene rings is 2. The van der Waals surface area contributed by atoms with E-state index in [9.17, 15) is 16.8 Å². The summed E-state index contributed by atoms with van der Waals surface area (Å²) in [5, 5.41) is 3.17. The topological polar surface area (TPSA) is 137 Å². The second-order valence-corrected chi connectivity index (χ2v) is 13.0. The van der Waals surface area contributed by atoms with Gasteiger partial charge < -0.3 is 15.1 Å². The van der Waals surface area contributed by atoms with Gasteiger partial charge in [0.25, 0.3) is 20.0 Å². The molecular formula is C25H31N7O4S2. The monoisotopic (exact) mass is 557 g/mol. The van der Waals surface area contributed by atoms with Crippen molar-refractivity contribution in [3.8, 4) is 0 Å². The van der Waals surface area contributed by atoms with E-state index in [1.54, 1.807) is 22.3 Å². The van der Waals surface area contributed by atoms with Crippen LogP contribution in [0, 0.1) is 0 Å². The maximum Gasteiger partial charge on any atom is 0.253 e. The molecule has 38 heavy (non-hydrogen) atoms. The average molecular weight is 558 g/mol. The van der Waals surface area contributed by atoms with Crippen LogP contribution in [0.4, 0.5) is 23.5 Å². The van der Waals surface area contributed by atoms with Crippen molar-refractivity contribution >= 4 is 43.6 Å². The Morgan fingerprint density at radius 2 is 1.05 bits per heavy atom. The van der Waals surface area contributed by atoms with Crippen molar-refractivity contribution in [1.82, 2.24) is 19.1 Å². The normalized spacial score (nSPS) is 16.8. The lowest BCUT2D eigenvalue weighted by Crippen LogP contribution is -2.34. The molecule has 3 heterocycles. The number of hydrogen-bond acceptors (Lipinski definition) is 10. The molecule has 2 aliphatic rings. The van der Waals surface area contributed by atoms with Crippen LogP contribution in [-0.2, 0) is 20.0 Å². The van der Waals surface area contributed by atoms with Crippen molar-refractivity contribution in [1.29, 1.82) is 0 Å². The fourth-order valence-electron chi connectivity index (χ4n) is 4.57. The summed E-state index contributed by atoms with van der Waals surface area (Å²) in [6.07, 6.45) is 6.77. The average Bonchev–Trinajstić information content (AvgIpc) is 2.94. The highest BCUT2D eigenvalue weighted by atomic mass is 32.3. The molecule has 11 nitrogen and oxygen atoms in total. The molecule has 5 rings (SSSR count). The van der Waals surface area contributed by atoms with Crippen LogP contribution in [0.15, 0.2) is 64.4 Å². The molecule has 2 saturated heterocycles. The van der Waals surface area contributed by atoms with Gasteiger partial charge in [-0.1, -0.05) is 18.2 Å². The highest BCUT2D eigenvalue weighted by molar-refractivity contribution is 8.04. The lowest BCUT2D eigenvalue weighted by Gasteiger charge is -2.30. The molecule has 0 atom stereocenters. The zero-order valence-electron chi connectivity index (χ0n) is 21.0. The first kappa shape index (κ1) is 26.3. The van der Waals surface area contributed by atoms with E-state index in [1.807, 2.05) is 0 Å². The van der Waals surface area contributed by atoms with Gasteiger partial charge in [-0.2, -0.15) is 15.0 Å². The van der Waals surface area contributed by atoms with Crippen LogP contribution in [0.1, 0.15) is 38.5 Å². The fourth-order valence-corrected chi connectivity index (χ4v) is 7.50. The summed E-state index contributed by atoms with van der Waals surface area (Å²) in [6, 6.07) is 13.1. The second-order valence-electron chi connectivity index (χ2n) is 9.41. The maximum atomic E-state index is 12.8. The van der Waals surface area contributed by atoms with E-state index < -0.39 is 20.0 Å². The van der Waals surface area contributed by atoms with Gasteiger partial charge in [0.2, 0.25) is 17.8 Å². The van der Waals surface area contributed by atoms with Crippen LogP contribution in [-0.4, -0.2) is 58.0 Å². The number of rotatable bonds is 8. The van der Waals surface area contributed by atoms with Crippen LogP contribution in [0.25, 0.3) is 0 Å². The first-order valence-corrected chi connectivity index (χ1v) is 15.7. The molecule has 3 aromatic rings. The molecule has 0 unspecified atom stereocenters. The molecular weight excluding hydrogens is 526 g/mol. The fraction of sp³-hybridized carbons (Fsp3) is 0.400.